The summed E-state index contributed by atoms with van der Waals surface area (Å²) in [5, 5.41) is 3.58. The third-order valence-electron chi connectivity index (χ3n) is 4.52. The molecule has 7 heteroatoms. The lowest BCUT2D eigenvalue weighted by Crippen LogP contribution is -2.46. The fourth-order valence-corrected chi connectivity index (χ4v) is 3.38. The molecule has 22 heavy (non-hydrogen) atoms. The van der Waals surface area contributed by atoms with Gasteiger partial charge in [0.2, 0.25) is 5.76 Å². The normalized spacial score (nSPS) is 28.1. The number of rotatable bonds is 2. The van der Waals surface area contributed by atoms with Crippen molar-refractivity contribution in [2.75, 3.05) is 33.8 Å². The SMILES string of the molecule is CN(C)C(=O)C1CC2(CCCN(C(=O)c3ccno3)C2)CO1. The van der Waals surface area contributed by atoms with Gasteiger partial charge in [0.1, 0.15) is 6.10 Å². The summed E-state index contributed by atoms with van der Waals surface area (Å²) in [4.78, 5) is 27.8. The molecular formula is C15H21N3O4. The molecule has 2 saturated heterocycles. The third-order valence-corrected chi connectivity index (χ3v) is 4.52. The van der Waals surface area contributed by atoms with Gasteiger partial charge >= 0.3 is 0 Å². The number of piperidine rings is 1. The minimum atomic E-state index is -0.393. The van der Waals surface area contributed by atoms with Gasteiger partial charge in [0.15, 0.2) is 0 Å². The van der Waals surface area contributed by atoms with Crippen LogP contribution in [0.5, 0.6) is 0 Å². The van der Waals surface area contributed by atoms with Crippen molar-refractivity contribution in [3.8, 4) is 0 Å². The Morgan fingerprint density at radius 1 is 1.45 bits per heavy atom. The van der Waals surface area contributed by atoms with Crippen LogP contribution in [0.4, 0.5) is 0 Å². The monoisotopic (exact) mass is 307 g/mol. The molecule has 2 atom stereocenters. The molecule has 2 aliphatic rings. The van der Waals surface area contributed by atoms with Crippen molar-refractivity contribution in [2.24, 2.45) is 5.41 Å². The maximum absolute atomic E-state index is 12.4. The fraction of sp³-hybridized carbons (Fsp3) is 0.667. The summed E-state index contributed by atoms with van der Waals surface area (Å²) in [5.74, 6) is 0.117. The third kappa shape index (κ3) is 2.72. The second-order valence-electron chi connectivity index (χ2n) is 6.44. The van der Waals surface area contributed by atoms with E-state index in [1.165, 1.54) is 6.20 Å². The van der Waals surface area contributed by atoms with Gasteiger partial charge in [-0.05, 0) is 19.3 Å². The molecule has 2 unspecified atom stereocenters. The van der Waals surface area contributed by atoms with Crippen molar-refractivity contribution >= 4 is 11.8 Å². The maximum Gasteiger partial charge on any atom is 0.292 e. The van der Waals surface area contributed by atoms with Crippen molar-refractivity contribution in [1.29, 1.82) is 0 Å². The van der Waals surface area contributed by atoms with E-state index in [0.29, 0.717) is 26.1 Å². The van der Waals surface area contributed by atoms with E-state index in [9.17, 15) is 9.59 Å². The zero-order valence-corrected chi connectivity index (χ0v) is 12.9. The predicted molar refractivity (Wildman–Crippen MR) is 77.1 cm³/mol. The first-order valence-corrected chi connectivity index (χ1v) is 7.53. The van der Waals surface area contributed by atoms with Crippen molar-refractivity contribution in [3.63, 3.8) is 0 Å². The summed E-state index contributed by atoms with van der Waals surface area (Å²) in [6, 6.07) is 1.58. The Labute approximate surface area is 129 Å². The molecule has 7 nitrogen and oxygen atoms in total. The molecule has 1 spiro atoms. The number of aromatic nitrogens is 1. The molecule has 0 radical (unpaired) electrons. The Kier molecular flexibility index (Phi) is 3.90. The molecule has 0 aromatic carbocycles. The van der Waals surface area contributed by atoms with Gasteiger partial charge in [-0.25, -0.2) is 0 Å². The molecule has 3 heterocycles. The summed E-state index contributed by atoms with van der Waals surface area (Å²) >= 11 is 0. The van der Waals surface area contributed by atoms with E-state index in [4.69, 9.17) is 9.26 Å². The van der Waals surface area contributed by atoms with Crippen LogP contribution in [-0.2, 0) is 9.53 Å². The molecule has 0 aliphatic carbocycles. The largest absolute Gasteiger partial charge is 0.368 e. The Morgan fingerprint density at radius 2 is 2.27 bits per heavy atom. The average molecular weight is 307 g/mol. The topological polar surface area (TPSA) is 75.9 Å². The average Bonchev–Trinajstić information content (AvgIpc) is 3.16. The minimum Gasteiger partial charge on any atom is -0.368 e. The first-order valence-electron chi connectivity index (χ1n) is 7.53. The van der Waals surface area contributed by atoms with Crippen molar-refractivity contribution < 1.29 is 18.8 Å². The Bertz CT molecular complexity index is 557. The predicted octanol–water partition coefficient (Wildman–Crippen LogP) is 0.774. The van der Waals surface area contributed by atoms with Crippen LogP contribution >= 0.6 is 0 Å². The van der Waals surface area contributed by atoms with Crippen LogP contribution < -0.4 is 0 Å². The zero-order chi connectivity index (χ0) is 15.7. The molecule has 120 valence electrons. The van der Waals surface area contributed by atoms with E-state index < -0.39 is 6.10 Å². The first kappa shape index (κ1) is 15.0. The van der Waals surface area contributed by atoms with Crippen LogP contribution in [0, 0.1) is 5.41 Å². The van der Waals surface area contributed by atoms with Gasteiger partial charge in [-0.15, -0.1) is 0 Å². The van der Waals surface area contributed by atoms with Crippen LogP contribution in [0.2, 0.25) is 0 Å². The fourth-order valence-electron chi connectivity index (χ4n) is 3.38. The van der Waals surface area contributed by atoms with E-state index in [-0.39, 0.29) is 23.0 Å². The molecule has 2 aliphatic heterocycles. The van der Waals surface area contributed by atoms with Crippen molar-refractivity contribution in [1.82, 2.24) is 15.0 Å². The number of nitrogens with zero attached hydrogens (tertiary/aromatic N) is 3. The number of likely N-dealkylation sites (N-methyl/N-ethyl adjacent to an activating group) is 1. The highest BCUT2D eigenvalue weighted by molar-refractivity contribution is 5.91. The van der Waals surface area contributed by atoms with E-state index in [1.807, 2.05) is 0 Å². The maximum atomic E-state index is 12.4. The second-order valence-corrected chi connectivity index (χ2v) is 6.44. The lowest BCUT2D eigenvalue weighted by Gasteiger charge is -2.39. The summed E-state index contributed by atoms with van der Waals surface area (Å²) in [7, 11) is 3.47. The van der Waals surface area contributed by atoms with Crippen molar-refractivity contribution in [3.05, 3.63) is 18.0 Å². The Morgan fingerprint density at radius 3 is 2.95 bits per heavy atom. The van der Waals surface area contributed by atoms with Crippen LogP contribution in [0.3, 0.4) is 0 Å². The number of carbonyl (C=O) groups excluding carboxylic acids is 2. The van der Waals surface area contributed by atoms with Gasteiger partial charge in [-0.1, -0.05) is 5.16 Å². The van der Waals surface area contributed by atoms with Gasteiger partial charge in [-0.2, -0.15) is 0 Å². The minimum absolute atomic E-state index is 0.00411. The molecule has 0 saturated carbocycles. The van der Waals surface area contributed by atoms with E-state index in [2.05, 4.69) is 5.16 Å². The Hall–Kier alpha value is -1.89. The highest BCUT2D eigenvalue weighted by Gasteiger charge is 2.46. The molecule has 3 rings (SSSR count). The van der Waals surface area contributed by atoms with Crippen LogP contribution in [-0.4, -0.2) is 66.7 Å². The summed E-state index contributed by atoms with van der Waals surface area (Å²) in [5.41, 5.74) is -0.121. The lowest BCUT2D eigenvalue weighted by atomic mass is 9.78. The molecule has 2 fully saturated rings. The zero-order valence-electron chi connectivity index (χ0n) is 12.9. The number of likely N-dealkylation sites (tertiary alicyclic amines) is 1. The molecule has 1 aromatic heterocycles. The summed E-state index contributed by atoms with van der Waals surface area (Å²) in [6.07, 6.45) is 3.63. The quantitative estimate of drug-likeness (QED) is 0.807. The Balaban J connectivity index is 1.68. The number of ether oxygens (including phenoxy) is 1. The van der Waals surface area contributed by atoms with E-state index in [0.717, 1.165) is 12.8 Å². The van der Waals surface area contributed by atoms with E-state index >= 15 is 0 Å². The number of hydrogen-bond acceptors (Lipinski definition) is 5. The van der Waals surface area contributed by atoms with Crippen molar-refractivity contribution in [2.45, 2.75) is 25.4 Å². The molecule has 1 aromatic rings. The number of amides is 2. The molecule has 2 amide bonds. The summed E-state index contributed by atoms with van der Waals surface area (Å²) < 4.78 is 10.7. The first-order chi connectivity index (χ1) is 10.5. The number of carbonyl (C=O) groups is 2. The van der Waals surface area contributed by atoms with Gasteiger partial charge in [0, 0.05) is 38.7 Å². The molecular weight excluding hydrogens is 286 g/mol. The number of hydrogen-bond donors (Lipinski definition) is 0. The summed E-state index contributed by atoms with van der Waals surface area (Å²) in [6.45, 7) is 1.83. The second kappa shape index (κ2) is 5.72. The van der Waals surface area contributed by atoms with Gasteiger partial charge in [0.25, 0.3) is 11.8 Å². The van der Waals surface area contributed by atoms with Crippen LogP contribution in [0.15, 0.2) is 16.8 Å². The standard InChI is InChI=1S/C15H21N3O4/c1-17(2)13(19)12-8-15(10-21-12)5-3-7-18(9-15)14(20)11-4-6-16-22-11/h4,6,12H,3,5,7-10H2,1-2H3. The van der Waals surface area contributed by atoms with Crippen LogP contribution in [0.1, 0.15) is 29.8 Å². The van der Waals surface area contributed by atoms with Gasteiger partial charge < -0.3 is 19.1 Å². The lowest BCUT2D eigenvalue weighted by molar-refractivity contribution is -0.138. The smallest absolute Gasteiger partial charge is 0.292 e. The van der Waals surface area contributed by atoms with E-state index in [1.54, 1.807) is 30.0 Å². The van der Waals surface area contributed by atoms with Crippen LogP contribution in [0.25, 0.3) is 0 Å². The molecule has 0 N–H and O–H groups in total. The highest BCUT2D eigenvalue weighted by Crippen LogP contribution is 2.41. The van der Waals surface area contributed by atoms with Gasteiger partial charge in [-0.3, -0.25) is 9.59 Å². The van der Waals surface area contributed by atoms with Gasteiger partial charge in [0.05, 0.1) is 12.8 Å². The highest BCUT2D eigenvalue weighted by atomic mass is 16.5. The molecule has 0 bridgehead atoms.